The monoisotopic (exact) mass is 249 g/mol. The molecule has 0 bridgehead atoms. The highest BCUT2D eigenvalue weighted by atomic mass is 16.1. The third-order valence-electron chi connectivity index (χ3n) is 3.50. The SMILES string of the molecule is Cn1ccc(NCC2(C=O)CCCNC2)cc1=O. The van der Waals surface area contributed by atoms with E-state index in [1.165, 1.54) is 4.57 Å². The van der Waals surface area contributed by atoms with Crippen molar-refractivity contribution in [2.75, 3.05) is 25.0 Å². The fourth-order valence-electron chi connectivity index (χ4n) is 2.22. The second kappa shape index (κ2) is 5.35. The third-order valence-corrected chi connectivity index (χ3v) is 3.50. The van der Waals surface area contributed by atoms with E-state index in [0.717, 1.165) is 31.4 Å². The Morgan fingerprint density at radius 2 is 2.44 bits per heavy atom. The van der Waals surface area contributed by atoms with Crippen molar-refractivity contribution in [2.24, 2.45) is 12.5 Å². The highest BCUT2D eigenvalue weighted by Gasteiger charge is 2.31. The Bertz CT molecular complexity index is 475. The van der Waals surface area contributed by atoms with E-state index in [4.69, 9.17) is 0 Å². The number of aromatic nitrogens is 1. The number of nitrogens with one attached hydrogen (secondary N) is 2. The summed E-state index contributed by atoms with van der Waals surface area (Å²) in [5.74, 6) is 0. The molecular weight excluding hydrogens is 230 g/mol. The molecule has 18 heavy (non-hydrogen) atoms. The molecule has 2 heterocycles. The van der Waals surface area contributed by atoms with Crippen LogP contribution >= 0.6 is 0 Å². The smallest absolute Gasteiger partial charge is 0.252 e. The summed E-state index contributed by atoms with van der Waals surface area (Å²) in [7, 11) is 1.71. The Morgan fingerprint density at radius 1 is 1.61 bits per heavy atom. The maximum Gasteiger partial charge on any atom is 0.252 e. The summed E-state index contributed by atoms with van der Waals surface area (Å²) in [5.41, 5.74) is 0.367. The molecule has 1 aromatic heterocycles. The van der Waals surface area contributed by atoms with Crippen LogP contribution in [0.5, 0.6) is 0 Å². The lowest BCUT2D eigenvalue weighted by Gasteiger charge is -2.33. The number of nitrogens with zero attached hydrogens (tertiary/aromatic N) is 1. The van der Waals surface area contributed by atoms with Gasteiger partial charge in [-0.25, -0.2) is 0 Å². The van der Waals surface area contributed by atoms with Gasteiger partial charge in [-0.15, -0.1) is 0 Å². The first-order valence-electron chi connectivity index (χ1n) is 6.23. The van der Waals surface area contributed by atoms with Gasteiger partial charge in [-0.05, 0) is 25.5 Å². The standard InChI is InChI=1S/C13H19N3O2/c1-16-6-3-11(7-12(16)18)15-9-13(10-17)4-2-5-14-8-13/h3,6-7,10,14-15H,2,4-5,8-9H2,1H3. The van der Waals surface area contributed by atoms with Crippen LogP contribution in [0.2, 0.25) is 0 Å². The average molecular weight is 249 g/mol. The van der Waals surface area contributed by atoms with E-state index in [2.05, 4.69) is 10.6 Å². The largest absolute Gasteiger partial charge is 0.384 e. The Hall–Kier alpha value is -1.62. The van der Waals surface area contributed by atoms with E-state index in [-0.39, 0.29) is 11.0 Å². The van der Waals surface area contributed by atoms with Crippen molar-refractivity contribution >= 4 is 12.0 Å². The number of pyridine rings is 1. The molecule has 2 N–H and O–H groups in total. The van der Waals surface area contributed by atoms with Gasteiger partial charge in [0, 0.05) is 38.1 Å². The molecular formula is C13H19N3O2. The molecule has 0 amide bonds. The van der Waals surface area contributed by atoms with E-state index in [1.54, 1.807) is 19.3 Å². The zero-order chi connectivity index (χ0) is 13.0. The molecule has 1 atom stereocenters. The zero-order valence-corrected chi connectivity index (χ0v) is 10.6. The van der Waals surface area contributed by atoms with E-state index in [0.29, 0.717) is 13.1 Å². The Labute approximate surface area is 106 Å². The van der Waals surface area contributed by atoms with Gasteiger partial charge in [0.2, 0.25) is 0 Å². The van der Waals surface area contributed by atoms with Crippen LogP contribution in [0.1, 0.15) is 12.8 Å². The topological polar surface area (TPSA) is 63.1 Å². The number of piperidine rings is 1. The fourth-order valence-corrected chi connectivity index (χ4v) is 2.22. The number of hydrogen-bond donors (Lipinski definition) is 2. The quantitative estimate of drug-likeness (QED) is 0.757. The van der Waals surface area contributed by atoms with Gasteiger partial charge >= 0.3 is 0 Å². The molecule has 1 aliphatic rings. The predicted molar refractivity (Wildman–Crippen MR) is 70.8 cm³/mol. The Morgan fingerprint density at radius 3 is 3.06 bits per heavy atom. The number of hydrogen-bond acceptors (Lipinski definition) is 4. The number of carbonyl (C=O) groups is 1. The van der Waals surface area contributed by atoms with Crippen LogP contribution in [-0.4, -0.2) is 30.5 Å². The fraction of sp³-hybridized carbons (Fsp3) is 0.538. The minimum Gasteiger partial charge on any atom is -0.384 e. The molecule has 1 fully saturated rings. The van der Waals surface area contributed by atoms with Gasteiger partial charge in [0.05, 0.1) is 5.41 Å². The average Bonchev–Trinajstić information content (AvgIpc) is 2.41. The van der Waals surface area contributed by atoms with Crippen molar-refractivity contribution in [3.05, 3.63) is 28.7 Å². The lowest BCUT2D eigenvalue weighted by molar-refractivity contribution is -0.116. The molecule has 1 unspecified atom stereocenters. The van der Waals surface area contributed by atoms with E-state index < -0.39 is 0 Å². The van der Waals surface area contributed by atoms with Crippen LogP contribution in [0, 0.1) is 5.41 Å². The summed E-state index contributed by atoms with van der Waals surface area (Å²) in [6.07, 6.45) is 4.66. The summed E-state index contributed by atoms with van der Waals surface area (Å²) in [5, 5.41) is 6.44. The van der Waals surface area contributed by atoms with Crippen LogP contribution in [0.4, 0.5) is 5.69 Å². The molecule has 0 spiro atoms. The van der Waals surface area contributed by atoms with Crippen LogP contribution in [0.25, 0.3) is 0 Å². The van der Waals surface area contributed by atoms with Gasteiger partial charge in [0.25, 0.3) is 5.56 Å². The first-order chi connectivity index (χ1) is 8.65. The minimum atomic E-state index is -0.348. The number of anilines is 1. The summed E-state index contributed by atoms with van der Waals surface area (Å²) < 4.78 is 1.52. The van der Waals surface area contributed by atoms with Crippen LogP contribution < -0.4 is 16.2 Å². The van der Waals surface area contributed by atoms with E-state index in [1.807, 2.05) is 6.07 Å². The highest BCUT2D eigenvalue weighted by Crippen LogP contribution is 2.24. The molecule has 0 saturated carbocycles. The van der Waals surface area contributed by atoms with E-state index in [9.17, 15) is 9.59 Å². The first-order valence-corrected chi connectivity index (χ1v) is 6.23. The van der Waals surface area contributed by atoms with Crippen molar-refractivity contribution < 1.29 is 4.79 Å². The molecule has 1 saturated heterocycles. The number of aldehydes is 1. The lowest BCUT2D eigenvalue weighted by atomic mass is 9.82. The van der Waals surface area contributed by atoms with Gasteiger partial charge in [0.15, 0.2) is 0 Å². The normalized spacial score (nSPS) is 23.6. The molecule has 1 aliphatic heterocycles. The van der Waals surface area contributed by atoms with Crippen LogP contribution in [0.3, 0.4) is 0 Å². The third kappa shape index (κ3) is 2.79. The Kier molecular flexibility index (Phi) is 3.81. The maximum atomic E-state index is 11.5. The summed E-state index contributed by atoms with van der Waals surface area (Å²) >= 11 is 0. The molecule has 2 rings (SSSR count). The predicted octanol–water partition coefficient (Wildman–Crippen LogP) is 0.366. The minimum absolute atomic E-state index is 0.0538. The van der Waals surface area contributed by atoms with Gasteiger partial charge in [-0.2, -0.15) is 0 Å². The molecule has 1 aromatic rings. The van der Waals surface area contributed by atoms with Gasteiger partial charge in [-0.3, -0.25) is 4.79 Å². The number of carbonyl (C=O) groups excluding carboxylic acids is 1. The summed E-state index contributed by atoms with van der Waals surface area (Å²) in [6.45, 7) is 2.24. The second-order valence-corrected chi connectivity index (χ2v) is 4.98. The molecule has 5 nitrogen and oxygen atoms in total. The number of rotatable bonds is 4. The van der Waals surface area contributed by atoms with Gasteiger partial charge in [0.1, 0.15) is 6.29 Å². The lowest BCUT2D eigenvalue weighted by Crippen LogP contribution is -2.45. The number of aryl methyl sites for hydroxylation is 1. The van der Waals surface area contributed by atoms with Crippen LogP contribution in [0.15, 0.2) is 23.1 Å². The van der Waals surface area contributed by atoms with E-state index >= 15 is 0 Å². The molecule has 0 aliphatic carbocycles. The molecule has 0 radical (unpaired) electrons. The summed E-state index contributed by atoms with van der Waals surface area (Å²) in [4.78, 5) is 22.8. The van der Waals surface area contributed by atoms with Crippen molar-refractivity contribution in [1.82, 2.24) is 9.88 Å². The Balaban J connectivity index is 2.03. The molecule has 0 aromatic carbocycles. The van der Waals surface area contributed by atoms with Crippen molar-refractivity contribution in [2.45, 2.75) is 12.8 Å². The molecule has 5 heteroatoms. The summed E-state index contributed by atoms with van der Waals surface area (Å²) in [6, 6.07) is 3.39. The second-order valence-electron chi connectivity index (χ2n) is 4.98. The highest BCUT2D eigenvalue weighted by molar-refractivity contribution is 5.62. The van der Waals surface area contributed by atoms with Crippen molar-refractivity contribution in [3.8, 4) is 0 Å². The van der Waals surface area contributed by atoms with Crippen molar-refractivity contribution in [3.63, 3.8) is 0 Å². The van der Waals surface area contributed by atoms with Gasteiger partial charge < -0.3 is 20.0 Å². The van der Waals surface area contributed by atoms with Gasteiger partial charge in [-0.1, -0.05) is 0 Å². The van der Waals surface area contributed by atoms with Crippen LogP contribution in [-0.2, 0) is 11.8 Å². The van der Waals surface area contributed by atoms with Crippen molar-refractivity contribution in [1.29, 1.82) is 0 Å². The zero-order valence-electron chi connectivity index (χ0n) is 10.6. The molecule has 98 valence electrons. The first kappa shape index (κ1) is 12.8. The maximum absolute atomic E-state index is 11.5.